The summed E-state index contributed by atoms with van der Waals surface area (Å²) in [5.41, 5.74) is 6.58. The molecule has 150 valence electrons. The highest BCUT2D eigenvalue weighted by molar-refractivity contribution is 5.95. The molecule has 1 atom stereocenters. The molecular formula is C21H27N3O4. The van der Waals surface area contributed by atoms with Crippen LogP contribution in [0.1, 0.15) is 41.8 Å². The van der Waals surface area contributed by atoms with E-state index in [9.17, 15) is 19.8 Å². The molecule has 0 aromatic heterocycles. The van der Waals surface area contributed by atoms with Gasteiger partial charge in [-0.15, -0.1) is 0 Å². The lowest BCUT2D eigenvalue weighted by Gasteiger charge is -2.21. The monoisotopic (exact) mass is 385 g/mol. The third-order valence-electron chi connectivity index (χ3n) is 4.44. The van der Waals surface area contributed by atoms with Crippen molar-refractivity contribution in [2.24, 2.45) is 5.73 Å². The summed E-state index contributed by atoms with van der Waals surface area (Å²) in [5, 5.41) is 23.0. The summed E-state index contributed by atoms with van der Waals surface area (Å²) in [4.78, 5) is 24.9. The summed E-state index contributed by atoms with van der Waals surface area (Å²) in [5.74, 6) is -0.940. The molecule has 0 radical (unpaired) electrons. The Kier molecular flexibility index (Phi) is 7.98. The predicted octanol–water partition coefficient (Wildman–Crippen LogP) is 1.95. The van der Waals surface area contributed by atoms with Crippen LogP contribution in [-0.4, -0.2) is 41.7 Å². The maximum atomic E-state index is 11.8. The number of carbonyl (C=O) groups is 2. The van der Waals surface area contributed by atoms with Crippen molar-refractivity contribution in [3.05, 3.63) is 59.7 Å². The minimum atomic E-state index is -0.822. The minimum absolute atomic E-state index is 0.00664. The lowest BCUT2D eigenvalue weighted by atomic mass is 10.0. The van der Waals surface area contributed by atoms with Crippen LogP contribution in [0.3, 0.4) is 0 Å². The third kappa shape index (κ3) is 6.07. The van der Waals surface area contributed by atoms with E-state index in [2.05, 4.69) is 5.32 Å². The Balaban J connectivity index is 1.74. The van der Waals surface area contributed by atoms with Gasteiger partial charge in [0.25, 0.3) is 5.91 Å². The fourth-order valence-electron chi connectivity index (χ4n) is 2.91. The number of nitrogens with one attached hydrogen (secondary N) is 1. The Morgan fingerprint density at radius 2 is 1.86 bits per heavy atom. The first-order chi connectivity index (χ1) is 13.4. The van der Waals surface area contributed by atoms with Gasteiger partial charge in [-0.05, 0) is 49.2 Å². The summed E-state index contributed by atoms with van der Waals surface area (Å²) in [6, 6.07) is 13.8. The molecule has 0 aliphatic carbocycles. The molecule has 2 amide bonds. The topological polar surface area (TPSA) is 116 Å². The van der Waals surface area contributed by atoms with Crippen LogP contribution in [0.5, 0.6) is 5.75 Å². The van der Waals surface area contributed by atoms with Gasteiger partial charge in [0.2, 0.25) is 5.91 Å². The number of carbonyl (C=O) groups excluding carboxylic acids is 2. The summed E-state index contributed by atoms with van der Waals surface area (Å²) < 4.78 is 0. The molecule has 0 saturated heterocycles. The Morgan fingerprint density at radius 1 is 1.14 bits per heavy atom. The highest BCUT2D eigenvalue weighted by atomic mass is 16.3. The summed E-state index contributed by atoms with van der Waals surface area (Å²) >= 11 is 0. The maximum Gasteiger partial charge on any atom is 0.252 e. The van der Waals surface area contributed by atoms with E-state index in [1.807, 2.05) is 30.3 Å². The van der Waals surface area contributed by atoms with Crippen molar-refractivity contribution in [2.75, 3.05) is 24.5 Å². The van der Waals surface area contributed by atoms with E-state index < -0.39 is 12.0 Å². The summed E-state index contributed by atoms with van der Waals surface area (Å²) in [7, 11) is 0. The van der Waals surface area contributed by atoms with Crippen LogP contribution in [0.15, 0.2) is 48.5 Å². The Morgan fingerprint density at radius 3 is 2.50 bits per heavy atom. The molecule has 28 heavy (non-hydrogen) atoms. The van der Waals surface area contributed by atoms with Crippen molar-refractivity contribution in [1.29, 1.82) is 0 Å². The fourth-order valence-corrected chi connectivity index (χ4v) is 2.91. The second-order valence-corrected chi connectivity index (χ2v) is 6.57. The number of nitrogens with two attached hydrogens (primary N) is 1. The van der Waals surface area contributed by atoms with Gasteiger partial charge in [-0.25, -0.2) is 0 Å². The van der Waals surface area contributed by atoms with Gasteiger partial charge in [0, 0.05) is 25.7 Å². The highest BCUT2D eigenvalue weighted by Gasteiger charge is 2.13. The van der Waals surface area contributed by atoms with E-state index in [1.165, 1.54) is 12.1 Å². The normalized spacial score (nSPS) is 11.8. The fraction of sp³-hybridized carbons (Fsp3) is 0.333. The highest BCUT2D eigenvalue weighted by Crippen LogP contribution is 2.22. The predicted molar refractivity (Wildman–Crippen MR) is 108 cm³/mol. The molecule has 0 spiro atoms. The Labute approximate surface area is 164 Å². The average Bonchev–Trinajstić information content (AvgIpc) is 2.67. The summed E-state index contributed by atoms with van der Waals surface area (Å²) in [6.07, 6.45) is 0.838. The van der Waals surface area contributed by atoms with Gasteiger partial charge >= 0.3 is 0 Å². The SMILES string of the molecule is CC(=O)N(CCCCNCC(O)c1ccc(O)c(C(N)=O)c1)c1ccccc1. The molecular weight excluding hydrogens is 358 g/mol. The zero-order valence-corrected chi connectivity index (χ0v) is 16.0. The number of nitrogens with zero attached hydrogens (tertiary/aromatic N) is 1. The molecule has 0 bridgehead atoms. The molecule has 0 heterocycles. The number of primary amides is 1. The van der Waals surface area contributed by atoms with Gasteiger partial charge < -0.3 is 26.2 Å². The number of anilines is 1. The first kappa shape index (κ1) is 21.4. The number of aliphatic hydroxyl groups is 1. The smallest absolute Gasteiger partial charge is 0.252 e. The van der Waals surface area contributed by atoms with Crippen molar-refractivity contribution in [2.45, 2.75) is 25.9 Å². The van der Waals surface area contributed by atoms with E-state index >= 15 is 0 Å². The van der Waals surface area contributed by atoms with E-state index in [0.29, 0.717) is 25.2 Å². The van der Waals surface area contributed by atoms with Crippen LogP contribution in [0.2, 0.25) is 0 Å². The van der Waals surface area contributed by atoms with Gasteiger partial charge in [0.15, 0.2) is 0 Å². The van der Waals surface area contributed by atoms with E-state index in [0.717, 1.165) is 18.5 Å². The minimum Gasteiger partial charge on any atom is -0.507 e. The van der Waals surface area contributed by atoms with Crippen molar-refractivity contribution < 1.29 is 19.8 Å². The number of aromatic hydroxyl groups is 1. The first-order valence-corrected chi connectivity index (χ1v) is 9.24. The molecule has 0 fully saturated rings. The van der Waals surface area contributed by atoms with Crippen molar-refractivity contribution in [3.8, 4) is 5.75 Å². The van der Waals surface area contributed by atoms with Crippen LogP contribution < -0.4 is 16.0 Å². The zero-order valence-electron chi connectivity index (χ0n) is 16.0. The lowest BCUT2D eigenvalue weighted by molar-refractivity contribution is -0.116. The summed E-state index contributed by atoms with van der Waals surface area (Å²) in [6.45, 7) is 3.17. The zero-order chi connectivity index (χ0) is 20.5. The van der Waals surface area contributed by atoms with Crippen LogP contribution >= 0.6 is 0 Å². The maximum absolute atomic E-state index is 11.8. The van der Waals surface area contributed by atoms with Crippen molar-refractivity contribution >= 4 is 17.5 Å². The quantitative estimate of drug-likeness (QED) is 0.467. The van der Waals surface area contributed by atoms with Gasteiger partial charge in [0.05, 0.1) is 11.7 Å². The molecule has 7 nitrogen and oxygen atoms in total. The van der Waals surface area contributed by atoms with E-state index in [1.54, 1.807) is 17.9 Å². The third-order valence-corrected chi connectivity index (χ3v) is 4.44. The van der Waals surface area contributed by atoms with Gasteiger partial charge in [-0.2, -0.15) is 0 Å². The van der Waals surface area contributed by atoms with Gasteiger partial charge in [0.1, 0.15) is 5.75 Å². The van der Waals surface area contributed by atoms with Crippen molar-refractivity contribution in [1.82, 2.24) is 5.32 Å². The number of aliphatic hydroxyl groups excluding tert-OH is 1. The molecule has 7 heteroatoms. The van der Waals surface area contributed by atoms with E-state index in [-0.39, 0.29) is 17.2 Å². The number of benzene rings is 2. The van der Waals surface area contributed by atoms with E-state index in [4.69, 9.17) is 5.73 Å². The molecule has 2 aromatic rings. The van der Waals surface area contributed by atoms with Gasteiger partial charge in [-0.3, -0.25) is 9.59 Å². The number of amides is 2. The molecule has 1 unspecified atom stereocenters. The van der Waals surface area contributed by atoms with Crippen LogP contribution in [0, 0.1) is 0 Å². The number of hydrogen-bond donors (Lipinski definition) is 4. The number of rotatable bonds is 10. The number of phenols is 1. The van der Waals surface area contributed by atoms with Crippen LogP contribution in [-0.2, 0) is 4.79 Å². The molecule has 0 saturated carbocycles. The Hall–Kier alpha value is -2.90. The Bertz CT molecular complexity index is 795. The second-order valence-electron chi connectivity index (χ2n) is 6.57. The molecule has 5 N–H and O–H groups in total. The lowest BCUT2D eigenvalue weighted by Crippen LogP contribution is -2.30. The largest absolute Gasteiger partial charge is 0.507 e. The molecule has 0 aliphatic heterocycles. The average molecular weight is 385 g/mol. The van der Waals surface area contributed by atoms with Crippen LogP contribution in [0.25, 0.3) is 0 Å². The van der Waals surface area contributed by atoms with Gasteiger partial charge in [-0.1, -0.05) is 24.3 Å². The van der Waals surface area contributed by atoms with Crippen LogP contribution in [0.4, 0.5) is 5.69 Å². The van der Waals surface area contributed by atoms with Crippen molar-refractivity contribution in [3.63, 3.8) is 0 Å². The second kappa shape index (κ2) is 10.4. The standard InChI is InChI=1S/C21H27N3O4/c1-15(25)24(17-7-3-2-4-8-17)12-6-5-11-23-14-20(27)16-9-10-19(26)18(13-16)21(22)28/h2-4,7-10,13,20,23,26-27H,5-6,11-12,14H2,1H3,(H2,22,28). The number of unbranched alkanes of at least 4 members (excludes halogenated alkanes) is 1. The number of para-hydroxylation sites is 1. The molecule has 2 aromatic carbocycles. The molecule has 2 rings (SSSR count). The molecule has 0 aliphatic rings. The number of hydrogen-bond acceptors (Lipinski definition) is 5. The first-order valence-electron chi connectivity index (χ1n) is 9.24.